The molecule has 14 heavy (non-hydrogen) atoms. The summed E-state index contributed by atoms with van der Waals surface area (Å²) in [5, 5.41) is 0.907. The van der Waals surface area contributed by atoms with Gasteiger partial charge in [-0.15, -0.1) is 11.3 Å². The summed E-state index contributed by atoms with van der Waals surface area (Å²) in [7, 11) is 1.59. The molecule has 1 aromatic carbocycles. The average Bonchev–Trinajstić information content (AvgIpc) is 2.41. The van der Waals surface area contributed by atoms with Gasteiger partial charge in [0.25, 0.3) is 9.05 Å². The van der Waals surface area contributed by atoms with Crippen LogP contribution in [0.1, 0.15) is 5.01 Å². The number of hydrogen-bond donors (Lipinski definition) is 0. The van der Waals surface area contributed by atoms with E-state index in [0.717, 1.165) is 15.2 Å². The van der Waals surface area contributed by atoms with Crippen LogP contribution < -0.4 is 0 Å². The summed E-state index contributed by atoms with van der Waals surface area (Å²) >= 11 is 1.45. The van der Waals surface area contributed by atoms with Crippen molar-refractivity contribution in [2.45, 2.75) is 11.8 Å². The van der Waals surface area contributed by atoms with E-state index >= 15 is 0 Å². The zero-order valence-corrected chi connectivity index (χ0v) is 9.58. The zero-order chi connectivity index (χ0) is 10.3. The molecular formula is C8H6ClNO2S2. The van der Waals surface area contributed by atoms with E-state index in [1.165, 1.54) is 17.4 Å². The van der Waals surface area contributed by atoms with Crippen molar-refractivity contribution >= 4 is 41.3 Å². The molecule has 0 unspecified atom stereocenters. The van der Waals surface area contributed by atoms with Gasteiger partial charge in [-0.2, -0.15) is 0 Å². The Balaban J connectivity index is 2.74. The molecule has 0 radical (unpaired) electrons. The van der Waals surface area contributed by atoms with E-state index in [4.69, 9.17) is 10.7 Å². The number of fused-ring (bicyclic) bond motifs is 1. The predicted molar refractivity (Wildman–Crippen MR) is 57.4 cm³/mol. The molecule has 0 saturated carbocycles. The lowest BCUT2D eigenvalue weighted by molar-refractivity contribution is 0.609. The Labute approximate surface area is 89.8 Å². The molecule has 0 fully saturated rings. The van der Waals surface area contributed by atoms with E-state index in [1.807, 2.05) is 6.92 Å². The maximum Gasteiger partial charge on any atom is 0.261 e. The van der Waals surface area contributed by atoms with Gasteiger partial charge in [-0.05, 0) is 25.1 Å². The fraction of sp³-hybridized carbons (Fsp3) is 0.125. The van der Waals surface area contributed by atoms with Crippen LogP contribution in [-0.4, -0.2) is 13.4 Å². The van der Waals surface area contributed by atoms with Gasteiger partial charge in [0.2, 0.25) is 0 Å². The van der Waals surface area contributed by atoms with Crippen LogP contribution in [-0.2, 0) is 9.05 Å². The van der Waals surface area contributed by atoms with Crippen molar-refractivity contribution in [1.82, 2.24) is 4.98 Å². The highest BCUT2D eigenvalue weighted by molar-refractivity contribution is 8.13. The summed E-state index contributed by atoms with van der Waals surface area (Å²) in [6.45, 7) is 1.87. The summed E-state index contributed by atoms with van der Waals surface area (Å²) in [5.41, 5.74) is 0.802. The van der Waals surface area contributed by atoms with Crippen molar-refractivity contribution < 1.29 is 8.42 Å². The molecule has 2 rings (SSSR count). The fourth-order valence-corrected chi connectivity index (χ4v) is 2.89. The molecule has 0 aliphatic rings. The van der Waals surface area contributed by atoms with E-state index < -0.39 is 9.05 Å². The fourth-order valence-electron chi connectivity index (χ4n) is 1.17. The minimum Gasteiger partial charge on any atom is -0.242 e. The van der Waals surface area contributed by atoms with E-state index in [-0.39, 0.29) is 4.90 Å². The highest BCUT2D eigenvalue weighted by atomic mass is 35.7. The van der Waals surface area contributed by atoms with Gasteiger partial charge < -0.3 is 0 Å². The number of thiazole rings is 1. The van der Waals surface area contributed by atoms with Crippen molar-refractivity contribution in [2.24, 2.45) is 0 Å². The normalized spacial score (nSPS) is 12.1. The zero-order valence-electron chi connectivity index (χ0n) is 7.19. The van der Waals surface area contributed by atoms with Gasteiger partial charge in [-0.25, -0.2) is 13.4 Å². The highest BCUT2D eigenvalue weighted by Crippen LogP contribution is 2.25. The van der Waals surface area contributed by atoms with Crippen LogP contribution in [0, 0.1) is 6.92 Å². The van der Waals surface area contributed by atoms with Crippen LogP contribution in [0.4, 0.5) is 0 Å². The van der Waals surface area contributed by atoms with Gasteiger partial charge >= 0.3 is 0 Å². The van der Waals surface area contributed by atoms with Gasteiger partial charge in [0.15, 0.2) is 0 Å². The second kappa shape index (κ2) is 3.18. The number of rotatable bonds is 1. The number of benzene rings is 1. The number of halogens is 1. The predicted octanol–water partition coefficient (Wildman–Crippen LogP) is 2.53. The molecule has 0 amide bonds. The Kier molecular flexibility index (Phi) is 2.25. The lowest BCUT2D eigenvalue weighted by Crippen LogP contribution is -1.88. The smallest absolute Gasteiger partial charge is 0.242 e. The summed E-state index contributed by atoms with van der Waals surface area (Å²) in [6.07, 6.45) is 0. The number of aryl methyl sites for hydroxylation is 1. The molecule has 6 heteroatoms. The first kappa shape index (κ1) is 9.89. The minimum absolute atomic E-state index is 0.121. The molecule has 74 valence electrons. The van der Waals surface area contributed by atoms with Crippen molar-refractivity contribution in [2.75, 3.05) is 0 Å². The molecule has 0 atom stereocenters. The van der Waals surface area contributed by atoms with Gasteiger partial charge in [-0.1, -0.05) is 0 Å². The van der Waals surface area contributed by atoms with Crippen molar-refractivity contribution in [3.05, 3.63) is 23.2 Å². The maximum absolute atomic E-state index is 11.0. The quantitative estimate of drug-likeness (QED) is 0.728. The van der Waals surface area contributed by atoms with E-state index in [0.29, 0.717) is 0 Å². The summed E-state index contributed by atoms with van der Waals surface area (Å²) < 4.78 is 22.9. The van der Waals surface area contributed by atoms with Gasteiger partial charge in [0.05, 0.1) is 20.1 Å². The third kappa shape index (κ3) is 1.75. The Bertz CT molecular complexity index is 588. The Morgan fingerprint density at radius 1 is 1.43 bits per heavy atom. The average molecular weight is 248 g/mol. The lowest BCUT2D eigenvalue weighted by atomic mass is 10.3. The molecule has 0 saturated heterocycles. The van der Waals surface area contributed by atoms with E-state index in [1.54, 1.807) is 12.1 Å². The molecule has 0 N–H and O–H groups in total. The number of aromatic nitrogens is 1. The first-order chi connectivity index (χ1) is 6.47. The standard InChI is InChI=1S/C8H6ClNO2S2/c1-5-10-7-3-2-6(14(9,11)12)4-8(7)13-5/h2-4H,1H3. The van der Waals surface area contributed by atoms with Gasteiger partial charge in [0, 0.05) is 10.7 Å². The molecule has 0 bridgehead atoms. The summed E-state index contributed by atoms with van der Waals surface area (Å²) in [5.74, 6) is 0. The second-order valence-electron chi connectivity index (χ2n) is 2.80. The van der Waals surface area contributed by atoms with Crippen molar-refractivity contribution in [3.8, 4) is 0 Å². The van der Waals surface area contributed by atoms with Crippen LogP contribution in [0.3, 0.4) is 0 Å². The van der Waals surface area contributed by atoms with Crippen molar-refractivity contribution in [3.63, 3.8) is 0 Å². The Hall–Kier alpha value is -0.650. The minimum atomic E-state index is -3.63. The molecule has 0 aliphatic carbocycles. The molecule has 3 nitrogen and oxygen atoms in total. The molecule has 2 aromatic rings. The molecule has 0 aliphatic heterocycles. The highest BCUT2D eigenvalue weighted by Gasteiger charge is 2.11. The van der Waals surface area contributed by atoms with Crippen LogP contribution in [0.2, 0.25) is 0 Å². The van der Waals surface area contributed by atoms with Gasteiger partial charge in [0.1, 0.15) is 0 Å². The molecule has 1 aromatic heterocycles. The van der Waals surface area contributed by atoms with Crippen molar-refractivity contribution in [1.29, 1.82) is 0 Å². The number of hydrogen-bond acceptors (Lipinski definition) is 4. The molecular weight excluding hydrogens is 242 g/mol. The summed E-state index contributed by atoms with van der Waals surface area (Å²) in [4.78, 5) is 4.34. The summed E-state index contributed by atoms with van der Waals surface area (Å²) in [6, 6.07) is 4.67. The van der Waals surface area contributed by atoms with Crippen LogP contribution in [0.5, 0.6) is 0 Å². The maximum atomic E-state index is 11.0. The first-order valence-electron chi connectivity index (χ1n) is 3.79. The first-order valence-corrected chi connectivity index (χ1v) is 6.91. The Morgan fingerprint density at radius 3 is 2.79 bits per heavy atom. The largest absolute Gasteiger partial charge is 0.261 e. The van der Waals surface area contributed by atoms with Crippen LogP contribution >= 0.6 is 22.0 Å². The number of nitrogens with zero attached hydrogens (tertiary/aromatic N) is 1. The molecule has 1 heterocycles. The van der Waals surface area contributed by atoms with E-state index in [9.17, 15) is 8.42 Å². The van der Waals surface area contributed by atoms with Gasteiger partial charge in [-0.3, -0.25) is 0 Å². The lowest BCUT2D eigenvalue weighted by Gasteiger charge is -1.94. The second-order valence-corrected chi connectivity index (χ2v) is 6.60. The SMILES string of the molecule is Cc1nc2ccc(S(=O)(=O)Cl)cc2s1. The topological polar surface area (TPSA) is 47.0 Å². The molecule has 0 spiro atoms. The Morgan fingerprint density at radius 2 is 2.14 bits per heavy atom. The third-order valence-corrected chi connectivity index (χ3v) is 4.03. The van der Waals surface area contributed by atoms with E-state index in [2.05, 4.69) is 4.98 Å². The van der Waals surface area contributed by atoms with Crippen LogP contribution in [0.25, 0.3) is 10.2 Å². The van der Waals surface area contributed by atoms with Crippen LogP contribution in [0.15, 0.2) is 23.1 Å². The monoisotopic (exact) mass is 247 g/mol. The third-order valence-electron chi connectivity index (χ3n) is 1.75.